The van der Waals surface area contributed by atoms with E-state index in [9.17, 15) is 4.79 Å². The predicted octanol–water partition coefficient (Wildman–Crippen LogP) is 4.05. The van der Waals surface area contributed by atoms with Gasteiger partial charge in [0.25, 0.3) is 5.91 Å². The molecule has 1 aliphatic rings. The van der Waals surface area contributed by atoms with Crippen LogP contribution in [0.4, 0.5) is 0 Å². The lowest BCUT2D eigenvalue weighted by molar-refractivity contribution is 0.0938. The van der Waals surface area contributed by atoms with Crippen molar-refractivity contribution in [1.29, 1.82) is 0 Å². The largest absolute Gasteiger partial charge is 0.497 e. The quantitative estimate of drug-likeness (QED) is 0.748. The average molecular weight is 383 g/mol. The summed E-state index contributed by atoms with van der Waals surface area (Å²) in [5.74, 6) is 1.56. The summed E-state index contributed by atoms with van der Waals surface area (Å²) in [6.45, 7) is 6.67. The molecular weight excluding hydrogens is 352 g/mol. The third-order valence-electron chi connectivity index (χ3n) is 5.03. The zero-order valence-electron chi connectivity index (χ0n) is 17.0. The number of carbonyl (C=O) groups excluding carboxylic acids is 1. The SMILES string of the molecule is COc1ccc([C@@H](CNC(=O)c2ccc(OC(C)C)cc2)N2CCCC2)cc1. The van der Waals surface area contributed by atoms with Gasteiger partial charge in [0.1, 0.15) is 11.5 Å². The lowest BCUT2D eigenvalue weighted by atomic mass is 10.0. The van der Waals surface area contributed by atoms with Crippen molar-refractivity contribution in [2.75, 3.05) is 26.7 Å². The smallest absolute Gasteiger partial charge is 0.251 e. The molecule has 0 unspecified atom stereocenters. The normalized spacial score (nSPS) is 15.4. The fourth-order valence-corrected chi connectivity index (χ4v) is 3.59. The van der Waals surface area contributed by atoms with Crippen LogP contribution in [0.5, 0.6) is 11.5 Å². The molecule has 1 saturated heterocycles. The molecule has 5 nitrogen and oxygen atoms in total. The molecule has 0 spiro atoms. The molecule has 28 heavy (non-hydrogen) atoms. The van der Waals surface area contributed by atoms with Crippen molar-refractivity contribution in [1.82, 2.24) is 10.2 Å². The molecule has 0 radical (unpaired) electrons. The van der Waals surface area contributed by atoms with E-state index in [1.165, 1.54) is 18.4 Å². The number of hydrogen-bond donors (Lipinski definition) is 1. The molecule has 0 aromatic heterocycles. The van der Waals surface area contributed by atoms with Gasteiger partial charge in [-0.1, -0.05) is 12.1 Å². The van der Waals surface area contributed by atoms with Gasteiger partial charge in [0.05, 0.1) is 19.3 Å². The predicted molar refractivity (Wildman–Crippen MR) is 111 cm³/mol. The molecule has 1 fully saturated rings. The van der Waals surface area contributed by atoms with Gasteiger partial charge >= 0.3 is 0 Å². The van der Waals surface area contributed by atoms with Crippen LogP contribution in [0.3, 0.4) is 0 Å². The third-order valence-corrected chi connectivity index (χ3v) is 5.03. The highest BCUT2D eigenvalue weighted by Crippen LogP contribution is 2.26. The number of hydrogen-bond acceptors (Lipinski definition) is 4. The number of benzene rings is 2. The van der Waals surface area contributed by atoms with Gasteiger partial charge in [-0.2, -0.15) is 0 Å². The Labute approximate surface area is 167 Å². The Hall–Kier alpha value is -2.53. The molecule has 1 N–H and O–H groups in total. The van der Waals surface area contributed by atoms with Crippen LogP contribution in [0.25, 0.3) is 0 Å². The van der Waals surface area contributed by atoms with Crippen LogP contribution in [0.15, 0.2) is 48.5 Å². The van der Waals surface area contributed by atoms with E-state index in [0.29, 0.717) is 12.1 Å². The third kappa shape index (κ3) is 5.26. The highest BCUT2D eigenvalue weighted by molar-refractivity contribution is 5.94. The summed E-state index contributed by atoms with van der Waals surface area (Å²) in [6, 6.07) is 15.6. The summed E-state index contributed by atoms with van der Waals surface area (Å²) in [5, 5.41) is 3.11. The van der Waals surface area contributed by atoms with Crippen molar-refractivity contribution < 1.29 is 14.3 Å². The van der Waals surface area contributed by atoms with Crippen molar-refractivity contribution in [2.24, 2.45) is 0 Å². The fourth-order valence-electron chi connectivity index (χ4n) is 3.59. The van der Waals surface area contributed by atoms with Crippen LogP contribution < -0.4 is 14.8 Å². The number of rotatable bonds is 8. The van der Waals surface area contributed by atoms with E-state index in [1.54, 1.807) is 7.11 Å². The molecular formula is C23H30N2O3. The second-order valence-electron chi connectivity index (χ2n) is 7.43. The molecule has 150 valence electrons. The van der Waals surface area contributed by atoms with Crippen LogP contribution >= 0.6 is 0 Å². The first kappa shape index (κ1) is 20.2. The lowest BCUT2D eigenvalue weighted by Crippen LogP contribution is -2.36. The summed E-state index contributed by atoms with van der Waals surface area (Å²) >= 11 is 0. The van der Waals surface area contributed by atoms with Gasteiger partial charge in [0, 0.05) is 12.1 Å². The average Bonchev–Trinajstić information content (AvgIpc) is 3.23. The van der Waals surface area contributed by atoms with Crippen LogP contribution in [0, 0.1) is 0 Å². The maximum absolute atomic E-state index is 12.6. The van der Waals surface area contributed by atoms with Gasteiger partial charge in [0.2, 0.25) is 0 Å². The Balaban J connectivity index is 1.66. The number of carbonyl (C=O) groups is 1. The van der Waals surface area contributed by atoms with Crippen molar-refractivity contribution in [3.63, 3.8) is 0 Å². The van der Waals surface area contributed by atoms with E-state index in [2.05, 4.69) is 22.3 Å². The van der Waals surface area contributed by atoms with Crippen LogP contribution in [0.1, 0.15) is 48.7 Å². The molecule has 3 rings (SSSR count). The first-order valence-corrected chi connectivity index (χ1v) is 9.99. The number of amides is 1. The Morgan fingerprint density at radius 3 is 2.18 bits per heavy atom. The lowest BCUT2D eigenvalue weighted by Gasteiger charge is -2.28. The van der Waals surface area contributed by atoms with Crippen LogP contribution in [-0.4, -0.2) is 43.7 Å². The zero-order chi connectivity index (χ0) is 19.9. The van der Waals surface area contributed by atoms with Crippen molar-refractivity contribution in [3.05, 3.63) is 59.7 Å². The highest BCUT2D eigenvalue weighted by Gasteiger charge is 2.24. The zero-order valence-corrected chi connectivity index (χ0v) is 17.0. The molecule has 2 aromatic carbocycles. The van der Waals surface area contributed by atoms with E-state index in [0.717, 1.165) is 24.6 Å². The topological polar surface area (TPSA) is 50.8 Å². The van der Waals surface area contributed by atoms with Gasteiger partial charge in [-0.05, 0) is 81.7 Å². The monoisotopic (exact) mass is 382 g/mol. The van der Waals surface area contributed by atoms with E-state index in [1.807, 2.05) is 50.2 Å². The number of nitrogens with one attached hydrogen (secondary N) is 1. The van der Waals surface area contributed by atoms with Gasteiger partial charge in [-0.3, -0.25) is 9.69 Å². The second-order valence-corrected chi connectivity index (χ2v) is 7.43. The van der Waals surface area contributed by atoms with E-state index in [4.69, 9.17) is 9.47 Å². The van der Waals surface area contributed by atoms with Gasteiger partial charge < -0.3 is 14.8 Å². The molecule has 1 atom stereocenters. The number of ether oxygens (including phenoxy) is 2. The standard InChI is InChI=1S/C23H30N2O3/c1-17(2)28-21-12-8-19(9-13-21)23(26)24-16-22(25-14-4-5-15-25)18-6-10-20(27-3)11-7-18/h6-13,17,22H,4-5,14-16H2,1-3H3,(H,24,26)/t22-/m1/s1. The molecule has 2 aromatic rings. The first-order chi connectivity index (χ1) is 13.6. The molecule has 0 aliphatic carbocycles. The Kier molecular flexibility index (Phi) is 6.93. The minimum Gasteiger partial charge on any atom is -0.497 e. The summed E-state index contributed by atoms with van der Waals surface area (Å²) in [7, 11) is 1.67. The number of nitrogens with zero attached hydrogens (tertiary/aromatic N) is 1. The molecule has 1 heterocycles. The summed E-state index contributed by atoms with van der Waals surface area (Å²) in [5.41, 5.74) is 1.84. The summed E-state index contributed by atoms with van der Waals surface area (Å²) in [6.07, 6.45) is 2.53. The minimum atomic E-state index is -0.0613. The summed E-state index contributed by atoms with van der Waals surface area (Å²) in [4.78, 5) is 15.1. The highest BCUT2D eigenvalue weighted by atomic mass is 16.5. The number of likely N-dealkylation sites (tertiary alicyclic amines) is 1. The maximum atomic E-state index is 12.6. The minimum absolute atomic E-state index is 0.0613. The van der Waals surface area contributed by atoms with Gasteiger partial charge in [0.15, 0.2) is 0 Å². The van der Waals surface area contributed by atoms with Crippen molar-refractivity contribution >= 4 is 5.91 Å². The molecule has 1 amide bonds. The van der Waals surface area contributed by atoms with E-state index < -0.39 is 0 Å². The summed E-state index contributed by atoms with van der Waals surface area (Å²) < 4.78 is 10.9. The first-order valence-electron chi connectivity index (χ1n) is 9.99. The van der Waals surface area contributed by atoms with Crippen LogP contribution in [0.2, 0.25) is 0 Å². The second kappa shape index (κ2) is 9.60. The van der Waals surface area contributed by atoms with Crippen LogP contribution in [-0.2, 0) is 0 Å². The Morgan fingerprint density at radius 2 is 1.61 bits per heavy atom. The maximum Gasteiger partial charge on any atom is 0.251 e. The Morgan fingerprint density at radius 1 is 1.00 bits per heavy atom. The van der Waals surface area contributed by atoms with Crippen molar-refractivity contribution in [3.8, 4) is 11.5 Å². The molecule has 0 saturated carbocycles. The molecule has 0 bridgehead atoms. The fraction of sp³-hybridized carbons (Fsp3) is 0.435. The Bertz CT molecular complexity index is 750. The van der Waals surface area contributed by atoms with E-state index in [-0.39, 0.29) is 18.1 Å². The number of methoxy groups -OCH3 is 1. The van der Waals surface area contributed by atoms with Gasteiger partial charge in [-0.25, -0.2) is 0 Å². The van der Waals surface area contributed by atoms with Crippen molar-refractivity contribution in [2.45, 2.75) is 38.8 Å². The van der Waals surface area contributed by atoms with E-state index >= 15 is 0 Å². The molecule has 1 aliphatic heterocycles. The van der Waals surface area contributed by atoms with Gasteiger partial charge in [-0.15, -0.1) is 0 Å². The molecule has 5 heteroatoms.